The summed E-state index contributed by atoms with van der Waals surface area (Å²) in [6.07, 6.45) is 1.32. The topological polar surface area (TPSA) is 66.6 Å². The van der Waals surface area contributed by atoms with Crippen LogP contribution < -0.4 is 5.73 Å². The highest BCUT2D eigenvalue weighted by atomic mass is 16.2. The van der Waals surface area contributed by atoms with Crippen molar-refractivity contribution in [1.82, 2.24) is 9.80 Å². The highest BCUT2D eigenvalue weighted by Crippen LogP contribution is 2.28. The molecule has 1 fully saturated rings. The van der Waals surface area contributed by atoms with Gasteiger partial charge in [-0.05, 0) is 23.9 Å². The van der Waals surface area contributed by atoms with Crippen molar-refractivity contribution in [3.63, 3.8) is 0 Å². The summed E-state index contributed by atoms with van der Waals surface area (Å²) in [6, 6.07) is 9.84. The number of benzene rings is 1. The van der Waals surface area contributed by atoms with Crippen LogP contribution in [0.25, 0.3) is 0 Å². The third-order valence-electron chi connectivity index (χ3n) is 4.66. The zero-order chi connectivity index (χ0) is 16.9. The van der Waals surface area contributed by atoms with Gasteiger partial charge in [0.25, 0.3) is 0 Å². The molecule has 1 aromatic rings. The van der Waals surface area contributed by atoms with Gasteiger partial charge >= 0.3 is 0 Å². The number of nitrogens with two attached hydrogens (primary N) is 1. The van der Waals surface area contributed by atoms with E-state index in [-0.39, 0.29) is 17.2 Å². The van der Waals surface area contributed by atoms with Crippen LogP contribution in [0.5, 0.6) is 0 Å². The lowest BCUT2D eigenvalue weighted by molar-refractivity contribution is -0.133. The molecule has 126 valence electrons. The van der Waals surface area contributed by atoms with E-state index in [0.717, 1.165) is 25.1 Å². The van der Waals surface area contributed by atoms with Gasteiger partial charge < -0.3 is 15.5 Å². The number of hydrogen-bond acceptors (Lipinski definition) is 3. The summed E-state index contributed by atoms with van der Waals surface area (Å²) in [5, 5.41) is 0. The smallest absolute Gasteiger partial charge is 0.224 e. The molecule has 1 saturated heterocycles. The van der Waals surface area contributed by atoms with Crippen LogP contribution in [0, 0.1) is 5.41 Å². The van der Waals surface area contributed by atoms with Crippen LogP contribution in [-0.4, -0.2) is 47.8 Å². The molecule has 1 atom stereocenters. The van der Waals surface area contributed by atoms with E-state index in [1.165, 1.54) is 0 Å². The Morgan fingerprint density at radius 2 is 2.00 bits per heavy atom. The quantitative estimate of drug-likeness (QED) is 0.867. The Labute approximate surface area is 138 Å². The Morgan fingerprint density at radius 1 is 1.30 bits per heavy atom. The maximum Gasteiger partial charge on any atom is 0.224 e. The van der Waals surface area contributed by atoms with E-state index < -0.39 is 0 Å². The summed E-state index contributed by atoms with van der Waals surface area (Å²) in [5.74, 6) is 0.108. The number of nitrogens with zero attached hydrogens (tertiary/aromatic N) is 2. The summed E-state index contributed by atoms with van der Waals surface area (Å²) >= 11 is 0. The molecule has 5 heteroatoms. The number of carbonyl (C=O) groups excluding carboxylic acids is 2. The Kier molecular flexibility index (Phi) is 5.77. The van der Waals surface area contributed by atoms with E-state index in [4.69, 9.17) is 5.73 Å². The molecule has 1 heterocycles. The highest BCUT2D eigenvalue weighted by Gasteiger charge is 2.34. The van der Waals surface area contributed by atoms with E-state index in [1.807, 2.05) is 35.2 Å². The van der Waals surface area contributed by atoms with Gasteiger partial charge in [-0.25, -0.2) is 0 Å². The first-order chi connectivity index (χ1) is 10.9. The number of likely N-dealkylation sites (tertiary alicyclic amines) is 1. The standard InChI is InChI=1S/C18H27N3O2/c1-15(22)20(12-16-6-4-3-5-7-16)10-8-17(23)21-11-9-18(2,13-19)14-21/h3-7H,8-14,19H2,1-2H3. The summed E-state index contributed by atoms with van der Waals surface area (Å²) in [7, 11) is 0. The Bertz CT molecular complexity index is 546. The molecule has 2 N–H and O–H groups in total. The summed E-state index contributed by atoms with van der Waals surface area (Å²) in [6.45, 7) is 6.77. The van der Waals surface area contributed by atoms with Gasteiger partial charge in [0.2, 0.25) is 11.8 Å². The molecule has 0 spiro atoms. The van der Waals surface area contributed by atoms with Gasteiger partial charge in [-0.2, -0.15) is 0 Å². The Hall–Kier alpha value is -1.88. The molecule has 5 nitrogen and oxygen atoms in total. The molecule has 1 aromatic carbocycles. The van der Waals surface area contributed by atoms with Gasteiger partial charge in [-0.1, -0.05) is 37.3 Å². The molecule has 2 rings (SSSR count). The average molecular weight is 317 g/mol. The number of carbonyl (C=O) groups is 2. The van der Waals surface area contributed by atoms with Crippen molar-refractivity contribution in [2.24, 2.45) is 11.1 Å². The SMILES string of the molecule is CC(=O)N(CCC(=O)N1CCC(C)(CN)C1)Cc1ccccc1. The largest absolute Gasteiger partial charge is 0.342 e. The third-order valence-corrected chi connectivity index (χ3v) is 4.66. The molecule has 0 aliphatic carbocycles. The normalized spacial score (nSPS) is 20.6. The van der Waals surface area contributed by atoms with E-state index in [1.54, 1.807) is 11.8 Å². The fourth-order valence-corrected chi connectivity index (χ4v) is 2.94. The fourth-order valence-electron chi connectivity index (χ4n) is 2.94. The lowest BCUT2D eigenvalue weighted by Gasteiger charge is -2.25. The number of rotatable bonds is 6. The predicted molar refractivity (Wildman–Crippen MR) is 90.5 cm³/mol. The van der Waals surface area contributed by atoms with Gasteiger partial charge in [0.1, 0.15) is 0 Å². The molecule has 0 bridgehead atoms. The Morgan fingerprint density at radius 3 is 2.57 bits per heavy atom. The number of amides is 2. The van der Waals surface area contributed by atoms with Crippen LogP contribution in [0.4, 0.5) is 0 Å². The van der Waals surface area contributed by atoms with Crippen molar-refractivity contribution in [3.05, 3.63) is 35.9 Å². The zero-order valence-corrected chi connectivity index (χ0v) is 14.1. The van der Waals surface area contributed by atoms with E-state index in [2.05, 4.69) is 6.92 Å². The molecule has 1 aliphatic rings. The van der Waals surface area contributed by atoms with Crippen LogP contribution in [-0.2, 0) is 16.1 Å². The van der Waals surface area contributed by atoms with Crippen LogP contribution >= 0.6 is 0 Å². The van der Waals surface area contributed by atoms with Gasteiger partial charge in [0.05, 0.1) is 0 Å². The van der Waals surface area contributed by atoms with Crippen LogP contribution in [0.2, 0.25) is 0 Å². The van der Waals surface area contributed by atoms with E-state index in [0.29, 0.717) is 26.1 Å². The summed E-state index contributed by atoms with van der Waals surface area (Å²) < 4.78 is 0. The minimum absolute atomic E-state index is 0.00475. The Balaban J connectivity index is 1.87. The third kappa shape index (κ3) is 4.79. The second-order valence-corrected chi connectivity index (χ2v) is 6.76. The average Bonchev–Trinajstić information content (AvgIpc) is 2.95. The molecule has 1 aliphatic heterocycles. The molecule has 23 heavy (non-hydrogen) atoms. The van der Waals surface area contributed by atoms with Crippen molar-refractivity contribution < 1.29 is 9.59 Å². The van der Waals surface area contributed by atoms with Crippen molar-refractivity contribution in [1.29, 1.82) is 0 Å². The van der Waals surface area contributed by atoms with Crippen molar-refractivity contribution in [3.8, 4) is 0 Å². The first kappa shape index (κ1) is 17.5. The van der Waals surface area contributed by atoms with Crippen molar-refractivity contribution >= 4 is 11.8 Å². The van der Waals surface area contributed by atoms with Crippen LogP contribution in [0.3, 0.4) is 0 Å². The summed E-state index contributed by atoms with van der Waals surface area (Å²) in [4.78, 5) is 27.8. The molecule has 1 unspecified atom stereocenters. The second-order valence-electron chi connectivity index (χ2n) is 6.76. The predicted octanol–water partition coefficient (Wildman–Crippen LogP) is 1.62. The molecule has 0 radical (unpaired) electrons. The van der Waals surface area contributed by atoms with Crippen LogP contribution in [0.15, 0.2) is 30.3 Å². The fraction of sp³-hybridized carbons (Fsp3) is 0.556. The summed E-state index contributed by atoms with van der Waals surface area (Å²) in [5.41, 5.74) is 6.91. The molecule has 2 amide bonds. The van der Waals surface area contributed by atoms with E-state index >= 15 is 0 Å². The lowest BCUT2D eigenvalue weighted by atomic mass is 9.90. The second kappa shape index (κ2) is 7.59. The van der Waals surface area contributed by atoms with Crippen LogP contribution in [0.1, 0.15) is 32.3 Å². The minimum atomic E-state index is -0.00475. The molecule has 0 aromatic heterocycles. The molecular formula is C18H27N3O2. The maximum atomic E-state index is 12.4. The van der Waals surface area contributed by atoms with Gasteiger partial charge in [-0.15, -0.1) is 0 Å². The van der Waals surface area contributed by atoms with E-state index in [9.17, 15) is 9.59 Å². The highest BCUT2D eigenvalue weighted by molar-refractivity contribution is 5.78. The van der Waals surface area contributed by atoms with Gasteiger partial charge in [0, 0.05) is 39.5 Å². The maximum absolute atomic E-state index is 12.4. The first-order valence-corrected chi connectivity index (χ1v) is 8.21. The molecule has 0 saturated carbocycles. The van der Waals surface area contributed by atoms with Gasteiger partial charge in [-0.3, -0.25) is 9.59 Å². The van der Waals surface area contributed by atoms with Gasteiger partial charge in [0.15, 0.2) is 0 Å². The minimum Gasteiger partial charge on any atom is -0.342 e. The number of hydrogen-bond donors (Lipinski definition) is 1. The van der Waals surface area contributed by atoms with Crippen molar-refractivity contribution in [2.45, 2.75) is 33.2 Å². The first-order valence-electron chi connectivity index (χ1n) is 8.21. The van der Waals surface area contributed by atoms with Crippen molar-refractivity contribution in [2.75, 3.05) is 26.2 Å². The monoisotopic (exact) mass is 317 g/mol. The lowest BCUT2D eigenvalue weighted by Crippen LogP contribution is -2.37. The molecular weight excluding hydrogens is 290 g/mol. The zero-order valence-electron chi connectivity index (χ0n) is 14.1.